The number of carbonyl (C=O) groups excluding carboxylic acids is 1. The molecule has 0 saturated carbocycles. The van der Waals surface area contributed by atoms with Gasteiger partial charge in [0.1, 0.15) is 16.8 Å². The molecule has 1 aromatic carbocycles. The third-order valence-corrected chi connectivity index (χ3v) is 5.30. The van der Waals surface area contributed by atoms with Crippen LogP contribution in [0.5, 0.6) is 5.75 Å². The molecule has 0 bridgehead atoms. The molecule has 26 heavy (non-hydrogen) atoms. The van der Waals surface area contributed by atoms with Crippen molar-refractivity contribution in [3.8, 4) is 11.8 Å². The van der Waals surface area contributed by atoms with Crippen LogP contribution in [0.15, 0.2) is 35.4 Å². The van der Waals surface area contributed by atoms with Crippen molar-refractivity contribution >= 4 is 23.4 Å². The first-order valence-electron chi connectivity index (χ1n) is 8.69. The van der Waals surface area contributed by atoms with Crippen LogP contribution >= 0.6 is 11.8 Å². The zero-order valence-electron chi connectivity index (χ0n) is 14.7. The smallest absolute Gasteiger partial charge is 0.225 e. The zero-order chi connectivity index (χ0) is 18.4. The lowest BCUT2D eigenvalue weighted by Crippen LogP contribution is -2.12. The number of pyridine rings is 1. The summed E-state index contributed by atoms with van der Waals surface area (Å²) in [6, 6.07) is 11.5. The first-order valence-corrected chi connectivity index (χ1v) is 9.68. The molecule has 0 unspecified atom stereocenters. The summed E-state index contributed by atoms with van der Waals surface area (Å²) < 4.78 is 5.15. The number of benzene rings is 1. The van der Waals surface area contributed by atoms with Crippen LogP contribution in [-0.4, -0.2) is 23.8 Å². The Balaban J connectivity index is 1.57. The van der Waals surface area contributed by atoms with Gasteiger partial charge in [0.05, 0.1) is 12.7 Å². The second-order valence-corrected chi connectivity index (χ2v) is 7.23. The number of nitriles is 1. The number of ether oxygens (including phenoxy) is 1. The van der Waals surface area contributed by atoms with Crippen molar-refractivity contribution in [2.75, 3.05) is 18.2 Å². The van der Waals surface area contributed by atoms with Crippen LogP contribution in [0.1, 0.15) is 36.1 Å². The van der Waals surface area contributed by atoms with E-state index in [1.165, 1.54) is 17.3 Å². The van der Waals surface area contributed by atoms with Crippen molar-refractivity contribution in [1.82, 2.24) is 4.98 Å². The van der Waals surface area contributed by atoms with Gasteiger partial charge in [0.25, 0.3) is 0 Å². The average molecular weight is 367 g/mol. The van der Waals surface area contributed by atoms with Crippen LogP contribution < -0.4 is 10.1 Å². The van der Waals surface area contributed by atoms with Crippen LogP contribution in [-0.2, 0) is 17.6 Å². The number of rotatable bonds is 6. The monoisotopic (exact) mass is 367 g/mol. The Bertz CT molecular complexity index is 845. The number of anilines is 1. The van der Waals surface area contributed by atoms with Gasteiger partial charge in [-0.2, -0.15) is 5.26 Å². The SMILES string of the molecule is COc1cccc(NC(=O)CCSc2nc3c(cc2C#N)CCCC3)c1. The first-order chi connectivity index (χ1) is 12.7. The Labute approximate surface area is 157 Å². The molecule has 6 heteroatoms. The van der Waals surface area contributed by atoms with Gasteiger partial charge in [-0.25, -0.2) is 4.98 Å². The van der Waals surface area contributed by atoms with Gasteiger partial charge in [-0.3, -0.25) is 4.79 Å². The van der Waals surface area contributed by atoms with E-state index in [4.69, 9.17) is 4.74 Å². The molecule has 1 aliphatic carbocycles. The summed E-state index contributed by atoms with van der Waals surface area (Å²) in [5.74, 6) is 1.22. The largest absolute Gasteiger partial charge is 0.497 e. The van der Waals surface area contributed by atoms with Crippen molar-refractivity contribution in [1.29, 1.82) is 5.26 Å². The van der Waals surface area contributed by atoms with E-state index < -0.39 is 0 Å². The molecule has 1 N–H and O–H groups in total. The zero-order valence-corrected chi connectivity index (χ0v) is 15.6. The fourth-order valence-corrected chi connectivity index (χ4v) is 3.89. The highest BCUT2D eigenvalue weighted by Gasteiger charge is 2.15. The van der Waals surface area contributed by atoms with Crippen LogP contribution in [0.4, 0.5) is 5.69 Å². The van der Waals surface area contributed by atoms with Crippen molar-refractivity contribution in [2.24, 2.45) is 0 Å². The van der Waals surface area contributed by atoms with Crippen LogP contribution in [0.3, 0.4) is 0 Å². The van der Waals surface area contributed by atoms with Crippen LogP contribution in [0.2, 0.25) is 0 Å². The molecular formula is C20H21N3O2S. The molecule has 1 heterocycles. The summed E-state index contributed by atoms with van der Waals surface area (Å²) in [5.41, 5.74) is 3.64. The summed E-state index contributed by atoms with van der Waals surface area (Å²) in [6.45, 7) is 0. The average Bonchev–Trinajstić information content (AvgIpc) is 2.67. The Hall–Kier alpha value is -2.52. The lowest BCUT2D eigenvalue weighted by atomic mass is 9.95. The number of methoxy groups -OCH3 is 1. The van der Waals surface area contributed by atoms with Gasteiger partial charge in [0.2, 0.25) is 5.91 Å². The highest BCUT2D eigenvalue weighted by Crippen LogP contribution is 2.27. The van der Waals surface area contributed by atoms with E-state index in [-0.39, 0.29) is 5.91 Å². The molecule has 1 aromatic heterocycles. The second-order valence-electron chi connectivity index (χ2n) is 6.14. The minimum Gasteiger partial charge on any atom is -0.497 e. The van der Waals surface area contributed by atoms with E-state index in [2.05, 4.69) is 16.4 Å². The summed E-state index contributed by atoms with van der Waals surface area (Å²) >= 11 is 1.47. The number of hydrogen-bond acceptors (Lipinski definition) is 5. The maximum absolute atomic E-state index is 12.1. The first kappa shape index (κ1) is 18.3. The predicted molar refractivity (Wildman–Crippen MR) is 103 cm³/mol. The van der Waals surface area contributed by atoms with Gasteiger partial charge in [0.15, 0.2) is 0 Å². The predicted octanol–water partition coefficient (Wildman–Crippen LogP) is 3.96. The molecule has 0 aliphatic heterocycles. The third kappa shape index (κ3) is 4.55. The highest BCUT2D eigenvalue weighted by atomic mass is 32.2. The number of aromatic nitrogens is 1. The molecule has 2 aromatic rings. The van der Waals surface area contributed by atoms with Crippen molar-refractivity contribution in [3.05, 3.63) is 47.2 Å². The maximum atomic E-state index is 12.1. The van der Waals surface area contributed by atoms with Gasteiger partial charge in [-0.15, -0.1) is 11.8 Å². The molecule has 1 aliphatic rings. The molecule has 3 rings (SSSR count). The molecular weight excluding hydrogens is 346 g/mol. The fraction of sp³-hybridized carbons (Fsp3) is 0.350. The highest BCUT2D eigenvalue weighted by molar-refractivity contribution is 7.99. The molecule has 1 amide bonds. The molecule has 0 fully saturated rings. The molecule has 0 radical (unpaired) electrons. The summed E-state index contributed by atoms with van der Waals surface area (Å²) in [5, 5.41) is 13.0. The second kappa shape index (κ2) is 8.72. The van der Waals surface area contributed by atoms with E-state index in [1.807, 2.05) is 24.3 Å². The quantitative estimate of drug-likeness (QED) is 0.782. The Morgan fingerprint density at radius 2 is 2.19 bits per heavy atom. The van der Waals surface area contributed by atoms with Gasteiger partial charge in [-0.1, -0.05) is 6.07 Å². The summed E-state index contributed by atoms with van der Waals surface area (Å²) in [6.07, 6.45) is 4.65. The minimum atomic E-state index is -0.0674. The van der Waals surface area contributed by atoms with E-state index in [9.17, 15) is 10.1 Å². The van der Waals surface area contributed by atoms with E-state index in [0.29, 0.717) is 29.2 Å². The number of fused-ring (bicyclic) bond motifs is 1. The maximum Gasteiger partial charge on any atom is 0.225 e. The Morgan fingerprint density at radius 1 is 1.35 bits per heavy atom. The minimum absolute atomic E-state index is 0.0674. The molecule has 134 valence electrons. The van der Waals surface area contributed by atoms with E-state index >= 15 is 0 Å². The van der Waals surface area contributed by atoms with Crippen LogP contribution in [0.25, 0.3) is 0 Å². The number of nitrogens with zero attached hydrogens (tertiary/aromatic N) is 2. The van der Waals surface area contributed by atoms with Crippen molar-refractivity contribution in [3.63, 3.8) is 0 Å². The number of thioether (sulfide) groups is 1. The number of carbonyl (C=O) groups is 1. The van der Waals surface area contributed by atoms with Gasteiger partial charge >= 0.3 is 0 Å². The Morgan fingerprint density at radius 3 is 3.00 bits per heavy atom. The number of aryl methyl sites for hydroxylation is 2. The standard InChI is InChI=1S/C20H21N3O2S/c1-25-17-7-4-6-16(12-17)22-19(24)9-10-26-20-15(13-21)11-14-5-2-3-8-18(14)23-20/h4,6-7,11-12H,2-3,5,8-10H2,1H3,(H,22,24). The molecule has 5 nitrogen and oxygen atoms in total. The number of hydrogen-bond donors (Lipinski definition) is 1. The third-order valence-electron chi connectivity index (χ3n) is 4.31. The van der Waals surface area contributed by atoms with Gasteiger partial charge < -0.3 is 10.1 Å². The lowest BCUT2D eigenvalue weighted by molar-refractivity contribution is -0.115. The van der Waals surface area contributed by atoms with E-state index in [0.717, 1.165) is 36.4 Å². The lowest BCUT2D eigenvalue weighted by Gasteiger charge is -2.16. The molecule has 0 spiro atoms. The number of amides is 1. The molecule has 0 saturated heterocycles. The van der Waals surface area contributed by atoms with Gasteiger partial charge in [0, 0.05) is 29.6 Å². The van der Waals surface area contributed by atoms with Crippen LogP contribution in [0, 0.1) is 11.3 Å². The summed E-state index contributed by atoms with van der Waals surface area (Å²) in [7, 11) is 1.59. The topological polar surface area (TPSA) is 75.0 Å². The number of nitrogens with one attached hydrogen (secondary N) is 1. The normalized spacial score (nSPS) is 12.8. The van der Waals surface area contributed by atoms with Gasteiger partial charge in [-0.05, 0) is 49.4 Å². The summed E-state index contributed by atoms with van der Waals surface area (Å²) in [4.78, 5) is 16.8. The Kier molecular flexibility index (Phi) is 6.13. The van der Waals surface area contributed by atoms with E-state index in [1.54, 1.807) is 13.2 Å². The fourth-order valence-electron chi connectivity index (χ4n) is 2.97. The molecule has 0 atom stereocenters. The van der Waals surface area contributed by atoms with Crippen molar-refractivity contribution in [2.45, 2.75) is 37.1 Å². The van der Waals surface area contributed by atoms with Crippen molar-refractivity contribution < 1.29 is 9.53 Å².